The molecule has 0 amide bonds. The maximum atomic E-state index is 6.10. The molecule has 0 heterocycles. The summed E-state index contributed by atoms with van der Waals surface area (Å²) in [6.07, 6.45) is 0. The van der Waals surface area contributed by atoms with Crippen molar-refractivity contribution in [2.24, 2.45) is 5.73 Å². The van der Waals surface area contributed by atoms with Crippen LogP contribution < -0.4 is 10.5 Å². The number of rotatable bonds is 4. The zero-order valence-corrected chi connectivity index (χ0v) is 12.3. The first-order valence-corrected chi connectivity index (χ1v) is 6.79. The van der Waals surface area contributed by atoms with Gasteiger partial charge in [0, 0.05) is 17.1 Å². The fourth-order valence-electron chi connectivity index (χ4n) is 1.58. The second-order valence-electron chi connectivity index (χ2n) is 3.96. The van der Waals surface area contributed by atoms with Gasteiger partial charge >= 0.3 is 0 Å². The van der Waals surface area contributed by atoms with Crippen LogP contribution >= 0.6 is 34.8 Å². The second-order valence-corrected chi connectivity index (χ2v) is 5.15. The Labute approximate surface area is 127 Å². The minimum absolute atomic E-state index is 0.264. The molecule has 2 N–H and O–H groups in total. The molecule has 100 valence electrons. The Morgan fingerprint density at radius 1 is 0.895 bits per heavy atom. The van der Waals surface area contributed by atoms with Crippen LogP contribution in [0.2, 0.25) is 15.1 Å². The molecular weight excluding hydrogens is 305 g/mol. The lowest BCUT2D eigenvalue weighted by Gasteiger charge is -2.10. The summed E-state index contributed by atoms with van der Waals surface area (Å²) in [5.74, 6) is 0.726. The van der Waals surface area contributed by atoms with Gasteiger partial charge in [-0.2, -0.15) is 0 Å². The molecule has 2 aromatic carbocycles. The predicted octanol–water partition coefficient (Wildman–Crippen LogP) is 4.68. The van der Waals surface area contributed by atoms with Crippen LogP contribution in [0, 0.1) is 0 Å². The first-order chi connectivity index (χ1) is 9.11. The van der Waals surface area contributed by atoms with Crippen LogP contribution in [0.5, 0.6) is 5.75 Å². The number of hydrogen-bond acceptors (Lipinski definition) is 2. The van der Waals surface area contributed by atoms with Crippen molar-refractivity contribution in [3.8, 4) is 5.75 Å². The van der Waals surface area contributed by atoms with Gasteiger partial charge in [-0.05, 0) is 29.8 Å². The maximum Gasteiger partial charge on any atom is 0.119 e. The van der Waals surface area contributed by atoms with Crippen LogP contribution in [-0.4, -0.2) is 0 Å². The van der Waals surface area contributed by atoms with Gasteiger partial charge in [-0.25, -0.2) is 0 Å². The van der Waals surface area contributed by atoms with Gasteiger partial charge in [0.15, 0.2) is 0 Å². The topological polar surface area (TPSA) is 35.2 Å². The molecule has 0 fully saturated rings. The highest BCUT2D eigenvalue weighted by Gasteiger charge is 2.10. The molecule has 0 spiro atoms. The fraction of sp³-hybridized carbons (Fsp3) is 0.143. The lowest BCUT2D eigenvalue weighted by Crippen LogP contribution is -1.99. The molecule has 0 unspecified atom stereocenters. The van der Waals surface area contributed by atoms with Crippen molar-refractivity contribution in [1.82, 2.24) is 0 Å². The summed E-state index contributed by atoms with van der Waals surface area (Å²) in [7, 11) is 0. The Morgan fingerprint density at radius 2 is 1.53 bits per heavy atom. The molecule has 2 aromatic rings. The van der Waals surface area contributed by atoms with Crippen molar-refractivity contribution >= 4 is 34.8 Å². The van der Waals surface area contributed by atoms with Gasteiger partial charge in [0.2, 0.25) is 0 Å². The Morgan fingerprint density at radius 3 is 2.16 bits per heavy atom. The van der Waals surface area contributed by atoms with E-state index < -0.39 is 0 Å². The van der Waals surface area contributed by atoms with E-state index in [1.807, 2.05) is 24.3 Å². The van der Waals surface area contributed by atoms with Crippen LogP contribution in [0.25, 0.3) is 0 Å². The van der Waals surface area contributed by atoms with Gasteiger partial charge in [0.05, 0.1) is 10.0 Å². The Bertz CT molecular complexity index is 570. The molecule has 0 atom stereocenters. The summed E-state index contributed by atoms with van der Waals surface area (Å²) >= 11 is 18.1. The molecule has 0 aromatic heterocycles. The largest absolute Gasteiger partial charge is 0.489 e. The molecule has 0 aliphatic rings. The summed E-state index contributed by atoms with van der Waals surface area (Å²) in [4.78, 5) is 0. The Hall–Kier alpha value is -0.930. The molecular formula is C14H12Cl3NO. The van der Waals surface area contributed by atoms with Crippen LogP contribution in [0.1, 0.15) is 11.1 Å². The van der Waals surface area contributed by atoms with Gasteiger partial charge in [-0.1, -0.05) is 46.9 Å². The van der Waals surface area contributed by atoms with E-state index in [0.717, 1.165) is 11.3 Å². The molecule has 0 aliphatic heterocycles. The minimum atomic E-state index is 0.264. The van der Waals surface area contributed by atoms with E-state index in [-0.39, 0.29) is 6.61 Å². The minimum Gasteiger partial charge on any atom is -0.489 e. The van der Waals surface area contributed by atoms with E-state index in [2.05, 4.69) is 0 Å². The third-order valence-corrected chi connectivity index (χ3v) is 3.88. The molecule has 19 heavy (non-hydrogen) atoms. The van der Waals surface area contributed by atoms with Crippen molar-refractivity contribution in [2.75, 3.05) is 0 Å². The summed E-state index contributed by atoms with van der Waals surface area (Å²) in [6, 6.07) is 10.9. The summed E-state index contributed by atoms with van der Waals surface area (Å²) in [6.45, 7) is 0.770. The van der Waals surface area contributed by atoms with E-state index >= 15 is 0 Å². The first-order valence-electron chi connectivity index (χ1n) is 5.66. The SMILES string of the molecule is NCc1ccc(OCc2c(Cl)ccc(Cl)c2Cl)cc1. The Balaban J connectivity index is 2.12. The highest BCUT2D eigenvalue weighted by Crippen LogP contribution is 2.32. The summed E-state index contributed by atoms with van der Waals surface area (Å²) in [5.41, 5.74) is 7.26. The molecule has 0 bridgehead atoms. The lowest BCUT2D eigenvalue weighted by atomic mass is 10.2. The zero-order valence-electron chi connectivity index (χ0n) is 10.00. The predicted molar refractivity (Wildman–Crippen MR) is 80.1 cm³/mol. The van der Waals surface area contributed by atoms with Crippen molar-refractivity contribution in [1.29, 1.82) is 0 Å². The molecule has 2 nitrogen and oxygen atoms in total. The van der Waals surface area contributed by atoms with Gasteiger partial charge in [-0.3, -0.25) is 0 Å². The molecule has 0 aliphatic carbocycles. The van der Waals surface area contributed by atoms with E-state index in [0.29, 0.717) is 27.2 Å². The van der Waals surface area contributed by atoms with E-state index in [1.54, 1.807) is 12.1 Å². The normalized spacial score (nSPS) is 10.5. The highest BCUT2D eigenvalue weighted by atomic mass is 35.5. The highest BCUT2D eigenvalue weighted by molar-refractivity contribution is 6.44. The number of benzene rings is 2. The van der Waals surface area contributed by atoms with Crippen molar-refractivity contribution < 1.29 is 4.74 Å². The van der Waals surface area contributed by atoms with Crippen LogP contribution in [0.3, 0.4) is 0 Å². The average molecular weight is 317 g/mol. The van der Waals surface area contributed by atoms with Crippen LogP contribution in [0.15, 0.2) is 36.4 Å². The fourth-order valence-corrected chi connectivity index (χ4v) is 2.24. The van der Waals surface area contributed by atoms with Crippen LogP contribution in [0.4, 0.5) is 0 Å². The quantitative estimate of drug-likeness (QED) is 0.831. The lowest BCUT2D eigenvalue weighted by molar-refractivity contribution is 0.306. The molecule has 0 radical (unpaired) electrons. The molecule has 0 saturated carbocycles. The third kappa shape index (κ3) is 3.54. The van der Waals surface area contributed by atoms with Gasteiger partial charge in [0.25, 0.3) is 0 Å². The molecule has 5 heteroatoms. The summed E-state index contributed by atoms with van der Waals surface area (Å²) < 4.78 is 5.64. The zero-order chi connectivity index (χ0) is 13.8. The van der Waals surface area contributed by atoms with Crippen molar-refractivity contribution in [3.63, 3.8) is 0 Å². The first kappa shape index (κ1) is 14.5. The van der Waals surface area contributed by atoms with Crippen molar-refractivity contribution in [2.45, 2.75) is 13.2 Å². The van der Waals surface area contributed by atoms with Crippen LogP contribution in [-0.2, 0) is 13.2 Å². The third-order valence-electron chi connectivity index (χ3n) is 2.68. The van der Waals surface area contributed by atoms with E-state index in [9.17, 15) is 0 Å². The monoisotopic (exact) mass is 315 g/mol. The number of ether oxygens (including phenoxy) is 1. The average Bonchev–Trinajstić information content (AvgIpc) is 2.44. The maximum absolute atomic E-state index is 6.10. The van der Waals surface area contributed by atoms with Crippen molar-refractivity contribution in [3.05, 3.63) is 62.6 Å². The van der Waals surface area contributed by atoms with Gasteiger partial charge < -0.3 is 10.5 Å². The van der Waals surface area contributed by atoms with Gasteiger partial charge in [0.1, 0.15) is 12.4 Å². The molecule has 0 saturated heterocycles. The van der Waals surface area contributed by atoms with Gasteiger partial charge in [-0.15, -0.1) is 0 Å². The second kappa shape index (κ2) is 6.49. The standard InChI is InChI=1S/C14H12Cl3NO/c15-12-5-6-13(16)14(17)11(12)8-19-10-3-1-9(7-18)2-4-10/h1-6H,7-8,18H2. The number of hydrogen-bond donors (Lipinski definition) is 1. The number of nitrogens with two attached hydrogens (primary N) is 1. The number of halogens is 3. The van der Waals surface area contributed by atoms with E-state index in [1.165, 1.54) is 0 Å². The summed E-state index contributed by atoms with van der Waals surface area (Å²) in [5, 5.41) is 1.42. The van der Waals surface area contributed by atoms with E-state index in [4.69, 9.17) is 45.3 Å². The Kier molecular flexibility index (Phi) is 4.94. The smallest absolute Gasteiger partial charge is 0.119 e. The molecule has 2 rings (SSSR count).